The molecule has 0 unspecified atom stereocenters. The van der Waals surface area contributed by atoms with Crippen LogP contribution in [0.4, 0.5) is 0 Å². The zero-order valence-electron chi connectivity index (χ0n) is 17.0. The second-order valence-corrected chi connectivity index (χ2v) is 7.21. The molecule has 5 heteroatoms. The summed E-state index contributed by atoms with van der Waals surface area (Å²) in [6.07, 6.45) is 20.5. The summed E-state index contributed by atoms with van der Waals surface area (Å²) in [6, 6.07) is 0. The number of hydrogen-bond acceptors (Lipinski definition) is 4. The Morgan fingerprint density at radius 2 is 1.42 bits per heavy atom. The lowest BCUT2D eigenvalue weighted by Crippen LogP contribution is -2.13. The zero-order valence-corrected chi connectivity index (χ0v) is 17.0. The van der Waals surface area contributed by atoms with Crippen LogP contribution in [-0.4, -0.2) is 27.6 Å². The van der Waals surface area contributed by atoms with Crippen molar-refractivity contribution in [3.8, 4) is 0 Å². The van der Waals surface area contributed by atoms with E-state index in [1.54, 1.807) is 11.6 Å². The molecule has 0 N–H and O–H groups in total. The molecule has 1 aromatic rings. The Balaban J connectivity index is 1.90. The number of unbranched alkanes of at least 4 members (excludes halogenated alkanes) is 12. The smallest absolute Gasteiger partial charge is 0.327 e. The number of hydrogen-bond donors (Lipinski definition) is 0. The van der Waals surface area contributed by atoms with Gasteiger partial charge in [-0.05, 0) is 19.8 Å². The van der Waals surface area contributed by atoms with Gasteiger partial charge in [-0.1, -0.05) is 89.2 Å². The van der Waals surface area contributed by atoms with Gasteiger partial charge in [0, 0.05) is 6.20 Å². The highest BCUT2D eigenvalue weighted by atomic mass is 16.5. The Kier molecular flexibility index (Phi) is 13.8. The number of carbonyl (C=O) groups excluding carboxylic acids is 1. The van der Waals surface area contributed by atoms with E-state index in [2.05, 4.69) is 17.2 Å². The molecule has 1 aromatic heterocycles. The number of ether oxygens (including phenoxy) is 1. The highest BCUT2D eigenvalue weighted by molar-refractivity contribution is 5.68. The predicted octanol–water partition coefficient (Wildman–Crippen LogP) is 5.47. The molecule has 0 saturated carbocycles. The van der Waals surface area contributed by atoms with E-state index in [1.165, 1.54) is 77.0 Å². The molecule has 0 atom stereocenters. The summed E-state index contributed by atoms with van der Waals surface area (Å²) in [5.74, 6) is -0.259. The van der Waals surface area contributed by atoms with Crippen LogP contribution in [-0.2, 0) is 22.5 Å². The third-order valence-electron chi connectivity index (χ3n) is 4.72. The fraction of sp³-hybridized carbons (Fsp3) is 0.857. The van der Waals surface area contributed by atoms with Crippen molar-refractivity contribution in [2.45, 2.75) is 110 Å². The van der Waals surface area contributed by atoms with Gasteiger partial charge in [-0.3, -0.25) is 4.79 Å². The van der Waals surface area contributed by atoms with Crippen molar-refractivity contribution in [3.05, 3.63) is 11.9 Å². The first-order chi connectivity index (χ1) is 12.8. The second-order valence-electron chi connectivity index (χ2n) is 7.21. The molecule has 0 radical (unpaired) electrons. The number of rotatable bonds is 17. The first-order valence-corrected chi connectivity index (χ1v) is 10.8. The van der Waals surface area contributed by atoms with Crippen molar-refractivity contribution in [2.24, 2.45) is 0 Å². The summed E-state index contributed by atoms with van der Waals surface area (Å²) in [5, 5.41) is 8.11. The molecule has 5 nitrogen and oxygen atoms in total. The van der Waals surface area contributed by atoms with E-state index >= 15 is 0 Å². The average molecular weight is 366 g/mol. The van der Waals surface area contributed by atoms with Crippen LogP contribution in [0.15, 0.2) is 6.20 Å². The lowest BCUT2D eigenvalue weighted by atomic mass is 10.0. The highest BCUT2D eigenvalue weighted by Gasteiger charge is 2.06. The minimum atomic E-state index is -0.259. The lowest BCUT2D eigenvalue weighted by molar-refractivity contribution is -0.144. The number of nitrogens with zero attached hydrogens (tertiary/aromatic N) is 3. The normalized spacial score (nSPS) is 11.0. The molecular weight excluding hydrogens is 326 g/mol. The lowest BCUT2D eigenvalue weighted by Gasteiger charge is -2.02. The molecule has 1 rings (SSSR count). The van der Waals surface area contributed by atoms with Gasteiger partial charge in [-0.15, -0.1) is 5.10 Å². The minimum Gasteiger partial charge on any atom is -0.465 e. The number of esters is 1. The monoisotopic (exact) mass is 365 g/mol. The third kappa shape index (κ3) is 12.0. The number of carbonyl (C=O) groups is 1. The van der Waals surface area contributed by atoms with Gasteiger partial charge in [-0.2, -0.15) is 0 Å². The first kappa shape index (κ1) is 22.7. The first-order valence-electron chi connectivity index (χ1n) is 10.8. The van der Waals surface area contributed by atoms with Crippen LogP contribution in [0.3, 0.4) is 0 Å². The molecule has 0 aliphatic heterocycles. The van der Waals surface area contributed by atoms with Crippen molar-refractivity contribution in [1.29, 1.82) is 0 Å². The quantitative estimate of drug-likeness (QED) is 0.271. The topological polar surface area (TPSA) is 57.0 Å². The van der Waals surface area contributed by atoms with E-state index in [0.717, 1.165) is 18.5 Å². The third-order valence-corrected chi connectivity index (χ3v) is 4.72. The zero-order chi connectivity index (χ0) is 18.9. The SMILES string of the molecule is CCCCCCCCCCCCCCCc1cn(CC(=O)OCC)nn1. The van der Waals surface area contributed by atoms with Crippen molar-refractivity contribution in [3.63, 3.8) is 0 Å². The molecule has 0 aliphatic carbocycles. The Labute approximate surface area is 159 Å². The molecule has 0 spiro atoms. The molecule has 0 saturated heterocycles. The molecular formula is C21H39N3O2. The van der Waals surface area contributed by atoms with Gasteiger partial charge in [0.05, 0.1) is 12.3 Å². The Bertz CT molecular complexity index is 460. The molecule has 0 bridgehead atoms. The summed E-state index contributed by atoms with van der Waals surface area (Å²) < 4.78 is 6.47. The minimum absolute atomic E-state index is 0.152. The number of aryl methyl sites for hydroxylation is 1. The maximum atomic E-state index is 11.4. The van der Waals surface area contributed by atoms with E-state index in [9.17, 15) is 4.79 Å². The van der Waals surface area contributed by atoms with Crippen LogP contribution in [0.2, 0.25) is 0 Å². The molecule has 0 fully saturated rings. The van der Waals surface area contributed by atoms with Gasteiger partial charge in [-0.25, -0.2) is 4.68 Å². The van der Waals surface area contributed by atoms with Crippen LogP contribution in [0, 0.1) is 0 Å². The van der Waals surface area contributed by atoms with Crippen molar-refractivity contribution >= 4 is 5.97 Å². The molecule has 0 amide bonds. The predicted molar refractivity (Wildman–Crippen MR) is 106 cm³/mol. The van der Waals surface area contributed by atoms with Crippen molar-refractivity contribution < 1.29 is 9.53 Å². The molecule has 0 aliphatic rings. The van der Waals surface area contributed by atoms with Crippen molar-refractivity contribution in [1.82, 2.24) is 15.0 Å². The average Bonchev–Trinajstić information content (AvgIpc) is 3.06. The van der Waals surface area contributed by atoms with Crippen LogP contribution in [0.1, 0.15) is 103 Å². The van der Waals surface area contributed by atoms with Gasteiger partial charge >= 0.3 is 5.97 Å². The fourth-order valence-electron chi connectivity index (χ4n) is 3.19. The summed E-state index contributed by atoms with van der Waals surface area (Å²) in [5.41, 5.74) is 0.970. The summed E-state index contributed by atoms with van der Waals surface area (Å²) in [4.78, 5) is 11.4. The van der Waals surface area contributed by atoms with Gasteiger partial charge in [0.25, 0.3) is 0 Å². The molecule has 1 heterocycles. The molecule has 0 aromatic carbocycles. The standard InChI is InChI=1S/C21H39N3O2/c1-3-5-6-7-8-9-10-11-12-13-14-15-16-17-20-18-24(23-22-20)19-21(25)26-4-2/h18H,3-17,19H2,1-2H3. The Morgan fingerprint density at radius 3 is 1.96 bits per heavy atom. The van der Waals surface area contributed by atoms with E-state index in [0.29, 0.717) is 6.61 Å². The summed E-state index contributed by atoms with van der Waals surface area (Å²) in [7, 11) is 0. The van der Waals surface area contributed by atoms with Crippen LogP contribution < -0.4 is 0 Å². The van der Waals surface area contributed by atoms with Gasteiger partial charge in [0.15, 0.2) is 0 Å². The van der Waals surface area contributed by atoms with Gasteiger partial charge in [0.1, 0.15) is 6.54 Å². The summed E-state index contributed by atoms with van der Waals surface area (Å²) in [6.45, 7) is 4.63. The maximum Gasteiger partial charge on any atom is 0.327 e. The maximum absolute atomic E-state index is 11.4. The second kappa shape index (κ2) is 15.8. The van der Waals surface area contributed by atoms with Crippen LogP contribution in [0.25, 0.3) is 0 Å². The van der Waals surface area contributed by atoms with Crippen LogP contribution >= 0.6 is 0 Å². The highest BCUT2D eigenvalue weighted by Crippen LogP contribution is 2.13. The Morgan fingerprint density at radius 1 is 0.885 bits per heavy atom. The van der Waals surface area contributed by atoms with Crippen LogP contribution in [0.5, 0.6) is 0 Å². The van der Waals surface area contributed by atoms with E-state index in [4.69, 9.17) is 4.74 Å². The van der Waals surface area contributed by atoms with Gasteiger partial charge in [0.2, 0.25) is 0 Å². The van der Waals surface area contributed by atoms with E-state index in [1.807, 2.05) is 6.20 Å². The summed E-state index contributed by atoms with van der Waals surface area (Å²) >= 11 is 0. The Hall–Kier alpha value is -1.39. The molecule has 26 heavy (non-hydrogen) atoms. The number of aromatic nitrogens is 3. The van der Waals surface area contributed by atoms with Gasteiger partial charge < -0.3 is 4.74 Å². The van der Waals surface area contributed by atoms with Crippen molar-refractivity contribution in [2.75, 3.05) is 6.61 Å². The van der Waals surface area contributed by atoms with E-state index in [-0.39, 0.29) is 12.5 Å². The largest absolute Gasteiger partial charge is 0.465 e. The fourth-order valence-corrected chi connectivity index (χ4v) is 3.19. The van der Waals surface area contributed by atoms with E-state index < -0.39 is 0 Å². The molecule has 150 valence electrons.